The first kappa shape index (κ1) is 16.1. The van der Waals surface area contributed by atoms with Gasteiger partial charge in [-0.15, -0.1) is 0 Å². The van der Waals surface area contributed by atoms with Crippen LogP contribution < -0.4 is 0 Å². The minimum atomic E-state index is -5.17. The third-order valence-electron chi connectivity index (χ3n) is 0. The van der Waals surface area contributed by atoms with E-state index in [-0.39, 0.29) is 73.3 Å². The van der Waals surface area contributed by atoms with Crippen LogP contribution in [-0.2, 0) is 10.4 Å². The zero-order valence-corrected chi connectivity index (χ0v) is 11.0. The Hall–Kier alpha value is 2.26. The molecule has 0 aromatic carbocycles. The molecule has 0 saturated carbocycles. The number of rotatable bonds is 0. The number of hydrogen-bond acceptors (Lipinski definition) is 4. The summed E-state index contributed by atoms with van der Waals surface area (Å²) in [7, 11) is -5.17. The topological polar surface area (TPSA) is 80.3 Å². The van der Waals surface area contributed by atoms with Crippen LogP contribution >= 0.6 is 0 Å². The van der Waals surface area contributed by atoms with Crippen LogP contribution in [0.1, 0.15) is 0 Å². The quantitative estimate of drug-likeness (QED) is 0.283. The first-order chi connectivity index (χ1) is 2.00. The van der Waals surface area contributed by atoms with E-state index >= 15 is 0 Å². The average Bonchev–Trinajstić information content (AvgIpc) is 0.722. The summed E-state index contributed by atoms with van der Waals surface area (Å²) in [4.78, 5) is 0. The van der Waals surface area contributed by atoms with Gasteiger partial charge in [-0.2, -0.15) is 0 Å². The normalized spacial score (nSPS) is 8.29. The van der Waals surface area contributed by atoms with Gasteiger partial charge in [-0.05, 0) is 0 Å². The maximum absolute atomic E-state index is 8.52. The molecular weight excluding hydrogens is 355 g/mol. The van der Waals surface area contributed by atoms with E-state index in [1.165, 1.54) is 0 Å². The van der Waals surface area contributed by atoms with Crippen molar-refractivity contribution in [2.24, 2.45) is 0 Å². The summed E-state index contributed by atoms with van der Waals surface area (Å²) in [5.74, 6) is 0. The summed E-state index contributed by atoms with van der Waals surface area (Å²) in [5, 5.41) is 0. The molecule has 0 N–H and O–H groups in total. The average molecular weight is 355 g/mol. The third-order valence-corrected chi connectivity index (χ3v) is 0. The van der Waals surface area contributed by atoms with Crippen LogP contribution in [0.4, 0.5) is 0 Å². The van der Waals surface area contributed by atoms with Gasteiger partial charge in [0.1, 0.15) is 0 Å². The van der Waals surface area contributed by atoms with Crippen LogP contribution in [0.15, 0.2) is 0 Å². The van der Waals surface area contributed by atoms with Gasteiger partial charge in [0.2, 0.25) is 0 Å². The van der Waals surface area contributed by atoms with E-state index < -0.39 is 10.4 Å². The molecule has 0 spiro atoms. The first-order valence-electron chi connectivity index (χ1n) is 0.667. The Morgan fingerprint density at radius 2 is 1.14 bits per heavy atom. The number of hydrogen-bond donors (Lipinski definition) is 0. The van der Waals surface area contributed by atoms with Crippen molar-refractivity contribution in [2.75, 3.05) is 0 Å². The molecule has 0 aromatic rings. The summed E-state index contributed by atoms with van der Waals surface area (Å²) >= 11 is 0. The van der Waals surface area contributed by atoms with Crippen molar-refractivity contribution in [1.82, 2.24) is 0 Å². The van der Waals surface area contributed by atoms with Crippen molar-refractivity contribution in [1.29, 1.82) is 0 Å². The molecule has 0 bridgehead atoms. The molecule has 0 aliphatic rings. The molecular formula is BaO4SSb+3. The second-order valence-electron chi connectivity index (χ2n) is 0.408. The van der Waals surface area contributed by atoms with Crippen LogP contribution in [0.3, 0.4) is 0 Å². The molecule has 0 saturated heterocycles. The molecule has 0 rings (SSSR count). The molecule has 0 heterocycles. The summed E-state index contributed by atoms with van der Waals surface area (Å²) in [6.45, 7) is 0. The third kappa shape index (κ3) is 63.4. The van der Waals surface area contributed by atoms with Gasteiger partial charge in [-0.1, -0.05) is 0 Å². The first-order valence-corrected chi connectivity index (χ1v) is 2.00. The fourth-order valence-corrected chi connectivity index (χ4v) is 0. The van der Waals surface area contributed by atoms with Crippen molar-refractivity contribution in [3.8, 4) is 0 Å². The Labute approximate surface area is 99.2 Å². The Morgan fingerprint density at radius 3 is 1.14 bits per heavy atom. The van der Waals surface area contributed by atoms with Gasteiger partial charge < -0.3 is 9.11 Å². The van der Waals surface area contributed by atoms with Crippen molar-refractivity contribution in [2.45, 2.75) is 0 Å². The predicted octanol–water partition coefficient (Wildman–Crippen LogP) is -2.10. The Bertz CT molecular complexity index is 94.9. The summed E-state index contributed by atoms with van der Waals surface area (Å²) in [5.41, 5.74) is 0. The van der Waals surface area contributed by atoms with E-state index in [9.17, 15) is 0 Å². The molecule has 0 fully saturated rings. The predicted molar refractivity (Wildman–Crippen MR) is 22.0 cm³/mol. The fraction of sp³-hybridized carbons (Fsp3) is 0. The second-order valence-corrected chi connectivity index (χ2v) is 1.22. The fourth-order valence-electron chi connectivity index (χ4n) is 0. The second kappa shape index (κ2) is 6.38. The molecule has 0 unspecified atom stereocenters. The van der Waals surface area contributed by atoms with Crippen molar-refractivity contribution >= 4 is 83.7 Å². The van der Waals surface area contributed by atoms with E-state index in [4.69, 9.17) is 17.5 Å². The maximum atomic E-state index is 8.52. The summed E-state index contributed by atoms with van der Waals surface area (Å²) in [6, 6.07) is 0. The van der Waals surface area contributed by atoms with E-state index in [1.807, 2.05) is 0 Å². The van der Waals surface area contributed by atoms with Crippen LogP contribution in [0.5, 0.6) is 0 Å². The van der Waals surface area contributed by atoms with E-state index in [0.29, 0.717) is 0 Å². The van der Waals surface area contributed by atoms with Crippen LogP contribution in [0.2, 0.25) is 0 Å². The molecule has 0 aliphatic carbocycles. The van der Waals surface area contributed by atoms with Crippen LogP contribution in [-0.4, -0.2) is 90.8 Å². The van der Waals surface area contributed by atoms with E-state index in [0.717, 1.165) is 0 Å². The van der Waals surface area contributed by atoms with Crippen LogP contribution in [0, 0.1) is 0 Å². The van der Waals surface area contributed by atoms with E-state index in [2.05, 4.69) is 0 Å². The molecule has 2 radical (unpaired) electrons. The van der Waals surface area contributed by atoms with Crippen molar-refractivity contribution in [3.63, 3.8) is 0 Å². The SMILES string of the molecule is O=S(=O)([O-])[O-].[Ba+2].[Sb+3]. The smallest absolute Gasteiger partial charge is 0.759 e. The minimum absolute atomic E-state index is 0. The molecule has 0 aliphatic heterocycles. The summed E-state index contributed by atoms with van der Waals surface area (Å²) < 4.78 is 34.1. The minimum Gasteiger partial charge on any atom is -0.759 e. The molecule has 34 valence electrons. The molecule has 0 aromatic heterocycles. The van der Waals surface area contributed by atoms with Gasteiger partial charge >= 0.3 is 73.3 Å². The van der Waals surface area contributed by atoms with E-state index in [1.54, 1.807) is 0 Å². The standard InChI is InChI=1S/Ba.H2O4S.Sb/c;1-5(2,3)4;/h;(H2,1,2,3,4);/q+2;;+3/p-2. The van der Waals surface area contributed by atoms with Crippen molar-refractivity contribution < 1.29 is 17.5 Å². The zero-order valence-electron chi connectivity index (χ0n) is 3.20. The van der Waals surface area contributed by atoms with Gasteiger partial charge in [0.15, 0.2) is 0 Å². The summed E-state index contributed by atoms with van der Waals surface area (Å²) in [6.07, 6.45) is 0. The van der Waals surface area contributed by atoms with Gasteiger partial charge in [0, 0.05) is 10.4 Å². The molecule has 7 heavy (non-hydrogen) atoms. The van der Waals surface area contributed by atoms with Crippen molar-refractivity contribution in [3.05, 3.63) is 0 Å². The van der Waals surface area contributed by atoms with Crippen LogP contribution in [0.25, 0.3) is 0 Å². The van der Waals surface area contributed by atoms with Gasteiger partial charge in [0.05, 0.1) is 0 Å². The Balaban J connectivity index is -0.0000000800. The molecule has 0 amide bonds. The largest absolute Gasteiger partial charge is 3.00 e. The van der Waals surface area contributed by atoms with Gasteiger partial charge in [0.25, 0.3) is 0 Å². The zero-order chi connectivity index (χ0) is 4.50. The van der Waals surface area contributed by atoms with Gasteiger partial charge in [-0.25, -0.2) is 0 Å². The Morgan fingerprint density at radius 1 is 1.14 bits per heavy atom. The Kier molecular flexibility index (Phi) is 14.7. The monoisotopic (exact) mass is 355 g/mol. The maximum Gasteiger partial charge on any atom is 3.00 e. The molecule has 7 heteroatoms. The molecule has 4 nitrogen and oxygen atoms in total. The molecule has 0 atom stereocenters. The van der Waals surface area contributed by atoms with Gasteiger partial charge in [-0.3, -0.25) is 8.42 Å².